The van der Waals surface area contributed by atoms with Gasteiger partial charge in [-0.3, -0.25) is 9.69 Å². The minimum absolute atomic E-state index is 0.123. The monoisotopic (exact) mass is 315 g/mol. The topological polar surface area (TPSA) is 36.4 Å². The molecule has 0 unspecified atom stereocenters. The predicted octanol–water partition coefficient (Wildman–Crippen LogP) is 3.19. The highest BCUT2D eigenvalue weighted by Crippen LogP contribution is 2.52. The van der Waals surface area contributed by atoms with Crippen LogP contribution in [-0.2, 0) is 6.54 Å². The minimum Gasteiger partial charge on any atom is -0.337 e. The maximum atomic E-state index is 12.6. The molecule has 1 saturated carbocycles. The first kappa shape index (κ1) is 16.4. The molecule has 3 heterocycles. The number of likely N-dealkylation sites (tertiary alicyclic amines) is 2. The first-order chi connectivity index (χ1) is 11.1. The van der Waals surface area contributed by atoms with E-state index >= 15 is 0 Å². The van der Waals surface area contributed by atoms with Gasteiger partial charge in [-0.2, -0.15) is 0 Å². The van der Waals surface area contributed by atoms with Crippen LogP contribution in [-0.4, -0.2) is 46.9 Å². The summed E-state index contributed by atoms with van der Waals surface area (Å²) in [6, 6.07) is 5.87. The third kappa shape index (κ3) is 3.57. The van der Waals surface area contributed by atoms with Gasteiger partial charge >= 0.3 is 0 Å². The Hall–Kier alpha value is -1.42. The van der Waals surface area contributed by atoms with Gasteiger partial charge in [0.2, 0.25) is 0 Å². The van der Waals surface area contributed by atoms with E-state index in [9.17, 15) is 4.79 Å². The van der Waals surface area contributed by atoms with Crippen LogP contribution in [0.15, 0.2) is 18.2 Å². The Bertz CT molecular complexity index is 561. The van der Waals surface area contributed by atoms with E-state index in [1.807, 2.05) is 36.9 Å². The molecule has 0 aromatic carbocycles. The molecule has 4 heteroatoms. The average molecular weight is 315 g/mol. The van der Waals surface area contributed by atoms with Crippen molar-refractivity contribution in [2.24, 2.45) is 11.3 Å². The Kier molecular flexibility index (Phi) is 4.72. The maximum Gasteiger partial charge on any atom is 0.272 e. The zero-order valence-electron chi connectivity index (χ0n) is 14.7. The molecule has 126 valence electrons. The van der Waals surface area contributed by atoms with Gasteiger partial charge in [0.15, 0.2) is 0 Å². The third-order valence-electron chi connectivity index (χ3n) is 5.23. The third-order valence-corrected chi connectivity index (χ3v) is 5.23. The van der Waals surface area contributed by atoms with Crippen LogP contribution in [0.5, 0.6) is 0 Å². The van der Waals surface area contributed by atoms with Crippen molar-refractivity contribution in [2.75, 3.05) is 26.2 Å². The average Bonchev–Trinajstić information content (AvgIpc) is 3.17. The van der Waals surface area contributed by atoms with Crippen molar-refractivity contribution in [1.82, 2.24) is 14.8 Å². The summed E-state index contributed by atoms with van der Waals surface area (Å²) in [4.78, 5) is 21.6. The van der Waals surface area contributed by atoms with Gasteiger partial charge < -0.3 is 4.90 Å². The Labute approximate surface area is 139 Å². The van der Waals surface area contributed by atoms with Crippen molar-refractivity contribution in [3.8, 4) is 0 Å². The van der Waals surface area contributed by atoms with Crippen LogP contribution in [0.4, 0.5) is 0 Å². The van der Waals surface area contributed by atoms with Crippen LogP contribution in [0, 0.1) is 11.3 Å². The zero-order chi connectivity index (χ0) is 16.4. The SMILES string of the molecule is CC.CC1CN(Cc2cccc(C(=O)N3CCC4(CC4)C3)n2)C1. The molecule has 3 aliphatic rings. The van der Waals surface area contributed by atoms with Crippen molar-refractivity contribution < 1.29 is 4.79 Å². The summed E-state index contributed by atoms with van der Waals surface area (Å²) in [5, 5.41) is 0. The lowest BCUT2D eigenvalue weighted by Gasteiger charge is -2.36. The van der Waals surface area contributed by atoms with E-state index in [0.29, 0.717) is 11.1 Å². The summed E-state index contributed by atoms with van der Waals surface area (Å²) in [7, 11) is 0. The molecular weight excluding hydrogens is 286 g/mol. The van der Waals surface area contributed by atoms with Crippen molar-refractivity contribution in [3.05, 3.63) is 29.6 Å². The quantitative estimate of drug-likeness (QED) is 0.859. The van der Waals surface area contributed by atoms with E-state index in [0.717, 1.165) is 44.3 Å². The van der Waals surface area contributed by atoms with Crippen molar-refractivity contribution >= 4 is 5.91 Å². The second-order valence-electron chi connectivity index (χ2n) is 7.29. The van der Waals surface area contributed by atoms with E-state index in [4.69, 9.17) is 0 Å². The first-order valence-electron chi connectivity index (χ1n) is 9.11. The number of hydrogen-bond donors (Lipinski definition) is 0. The van der Waals surface area contributed by atoms with E-state index in [-0.39, 0.29) is 5.91 Å². The number of rotatable bonds is 3. The van der Waals surface area contributed by atoms with Crippen LogP contribution in [0.3, 0.4) is 0 Å². The fraction of sp³-hybridized carbons (Fsp3) is 0.684. The zero-order valence-corrected chi connectivity index (χ0v) is 14.7. The van der Waals surface area contributed by atoms with E-state index in [1.54, 1.807) is 0 Å². The molecule has 3 fully saturated rings. The smallest absolute Gasteiger partial charge is 0.272 e. The van der Waals surface area contributed by atoms with Gasteiger partial charge in [0, 0.05) is 32.7 Å². The minimum atomic E-state index is 0.123. The second-order valence-corrected chi connectivity index (χ2v) is 7.29. The molecule has 0 radical (unpaired) electrons. The van der Waals surface area contributed by atoms with Crippen molar-refractivity contribution in [3.63, 3.8) is 0 Å². The van der Waals surface area contributed by atoms with Crippen LogP contribution in [0.1, 0.15) is 56.2 Å². The molecule has 23 heavy (non-hydrogen) atoms. The molecule has 1 amide bonds. The van der Waals surface area contributed by atoms with Gasteiger partial charge in [-0.15, -0.1) is 0 Å². The Morgan fingerprint density at radius 1 is 1.26 bits per heavy atom. The lowest BCUT2D eigenvalue weighted by Crippen LogP contribution is -2.44. The largest absolute Gasteiger partial charge is 0.337 e. The van der Waals surface area contributed by atoms with Crippen LogP contribution in [0.25, 0.3) is 0 Å². The van der Waals surface area contributed by atoms with Gasteiger partial charge in [-0.1, -0.05) is 26.8 Å². The van der Waals surface area contributed by atoms with Crippen molar-refractivity contribution in [1.29, 1.82) is 0 Å². The van der Waals surface area contributed by atoms with Gasteiger partial charge in [-0.25, -0.2) is 4.98 Å². The predicted molar refractivity (Wildman–Crippen MR) is 92.2 cm³/mol. The summed E-state index contributed by atoms with van der Waals surface area (Å²) >= 11 is 0. The number of aromatic nitrogens is 1. The standard InChI is InChI=1S/C17H23N3O.C2H6/c1-13-9-19(10-13)11-14-3-2-4-15(18-14)16(21)20-8-7-17(12-20)5-6-17;1-2/h2-4,13H,5-12H2,1H3;1-2H3. The number of nitrogens with zero attached hydrogens (tertiary/aromatic N) is 3. The molecule has 1 spiro atoms. The number of carbonyl (C=O) groups is 1. The number of pyridine rings is 1. The number of amides is 1. The fourth-order valence-corrected chi connectivity index (χ4v) is 3.73. The summed E-state index contributed by atoms with van der Waals surface area (Å²) in [6.07, 6.45) is 3.79. The summed E-state index contributed by atoms with van der Waals surface area (Å²) < 4.78 is 0. The van der Waals surface area contributed by atoms with E-state index < -0.39 is 0 Å². The van der Waals surface area contributed by atoms with Gasteiger partial charge in [0.1, 0.15) is 5.69 Å². The number of carbonyl (C=O) groups excluding carboxylic acids is 1. The summed E-state index contributed by atoms with van der Waals surface area (Å²) in [5.41, 5.74) is 2.13. The normalized spacial score (nSPS) is 22.5. The van der Waals surface area contributed by atoms with E-state index in [2.05, 4.69) is 16.8 Å². The van der Waals surface area contributed by atoms with Crippen LogP contribution < -0.4 is 0 Å². The molecule has 1 aliphatic carbocycles. The summed E-state index contributed by atoms with van der Waals surface area (Å²) in [5.74, 6) is 0.923. The van der Waals surface area contributed by atoms with E-state index in [1.165, 1.54) is 19.3 Å². The molecule has 4 nitrogen and oxygen atoms in total. The summed E-state index contributed by atoms with van der Waals surface area (Å²) in [6.45, 7) is 11.3. The Morgan fingerprint density at radius 2 is 2.00 bits per heavy atom. The first-order valence-corrected chi connectivity index (χ1v) is 9.11. The lowest BCUT2D eigenvalue weighted by atomic mass is 10.0. The molecule has 2 aliphatic heterocycles. The van der Waals surface area contributed by atoms with Crippen LogP contribution >= 0.6 is 0 Å². The highest BCUT2D eigenvalue weighted by molar-refractivity contribution is 5.92. The molecule has 2 saturated heterocycles. The molecule has 0 bridgehead atoms. The Morgan fingerprint density at radius 3 is 2.61 bits per heavy atom. The highest BCUT2D eigenvalue weighted by Gasteiger charge is 2.48. The molecule has 0 atom stereocenters. The van der Waals surface area contributed by atoms with Gasteiger partial charge in [-0.05, 0) is 42.7 Å². The number of hydrogen-bond acceptors (Lipinski definition) is 3. The lowest BCUT2D eigenvalue weighted by molar-refractivity contribution is 0.0776. The van der Waals surface area contributed by atoms with Crippen molar-refractivity contribution in [2.45, 2.75) is 46.6 Å². The fourth-order valence-electron chi connectivity index (χ4n) is 3.73. The molecule has 1 aromatic heterocycles. The molecule has 1 aromatic rings. The molecule has 4 rings (SSSR count). The molecule has 0 N–H and O–H groups in total. The second kappa shape index (κ2) is 6.60. The molecular formula is C19H29N3O. The highest BCUT2D eigenvalue weighted by atomic mass is 16.2. The maximum absolute atomic E-state index is 12.6. The van der Waals surface area contributed by atoms with Gasteiger partial charge in [0.05, 0.1) is 5.69 Å². The van der Waals surface area contributed by atoms with Gasteiger partial charge in [0.25, 0.3) is 5.91 Å². The van der Waals surface area contributed by atoms with Crippen LogP contribution in [0.2, 0.25) is 0 Å². The Balaban J connectivity index is 0.000000753.